The van der Waals surface area contributed by atoms with E-state index in [4.69, 9.17) is 15.2 Å². The van der Waals surface area contributed by atoms with Crippen molar-refractivity contribution in [3.63, 3.8) is 0 Å². The highest BCUT2D eigenvalue weighted by Gasteiger charge is 2.14. The Bertz CT molecular complexity index is 501. The molecular formula is C14H21N3O4. The molecule has 2 amide bonds. The summed E-state index contributed by atoms with van der Waals surface area (Å²) in [6.07, 6.45) is -0.219. The van der Waals surface area contributed by atoms with E-state index in [2.05, 4.69) is 10.6 Å². The van der Waals surface area contributed by atoms with Gasteiger partial charge in [-0.25, -0.2) is 0 Å². The molecular weight excluding hydrogens is 274 g/mol. The normalized spacial score (nSPS) is 11.6. The van der Waals surface area contributed by atoms with Gasteiger partial charge in [0.15, 0.2) is 0 Å². The first-order valence-corrected chi connectivity index (χ1v) is 6.48. The molecule has 0 aliphatic rings. The molecule has 4 N–H and O–H groups in total. The fraction of sp³-hybridized carbons (Fsp3) is 0.429. The molecule has 1 unspecified atom stereocenters. The molecule has 1 atom stereocenters. The van der Waals surface area contributed by atoms with Crippen LogP contribution in [0.25, 0.3) is 0 Å². The number of anilines is 2. The minimum absolute atomic E-state index is 0.129. The van der Waals surface area contributed by atoms with Crippen LogP contribution in [0.5, 0.6) is 5.75 Å². The number of hydrogen-bond donors (Lipinski definition) is 3. The molecule has 1 rings (SSSR count). The lowest BCUT2D eigenvalue weighted by Gasteiger charge is -2.15. The molecule has 116 valence electrons. The van der Waals surface area contributed by atoms with E-state index in [1.807, 2.05) is 0 Å². The summed E-state index contributed by atoms with van der Waals surface area (Å²) >= 11 is 0. The van der Waals surface area contributed by atoms with Crippen LogP contribution in [0.4, 0.5) is 11.4 Å². The number of hydrogen-bond acceptors (Lipinski definition) is 5. The highest BCUT2D eigenvalue weighted by atomic mass is 16.5. The summed E-state index contributed by atoms with van der Waals surface area (Å²) in [5.41, 5.74) is 6.44. The molecule has 0 spiro atoms. The van der Waals surface area contributed by atoms with Crippen LogP contribution in [0.3, 0.4) is 0 Å². The quantitative estimate of drug-likeness (QED) is 0.695. The number of nitrogens with one attached hydrogen (secondary N) is 2. The van der Waals surface area contributed by atoms with E-state index in [1.54, 1.807) is 18.2 Å². The molecule has 0 fully saturated rings. The highest BCUT2D eigenvalue weighted by Crippen LogP contribution is 2.27. The number of benzene rings is 1. The van der Waals surface area contributed by atoms with Crippen LogP contribution >= 0.6 is 0 Å². The van der Waals surface area contributed by atoms with Crippen LogP contribution in [0, 0.1) is 0 Å². The van der Waals surface area contributed by atoms with Crippen LogP contribution in [-0.4, -0.2) is 38.7 Å². The molecule has 7 nitrogen and oxygen atoms in total. The van der Waals surface area contributed by atoms with E-state index >= 15 is 0 Å². The Morgan fingerprint density at radius 1 is 1.24 bits per heavy atom. The zero-order chi connectivity index (χ0) is 15.8. The van der Waals surface area contributed by atoms with Crippen molar-refractivity contribution in [2.75, 3.05) is 31.4 Å². The molecule has 0 saturated heterocycles. The van der Waals surface area contributed by atoms with E-state index in [9.17, 15) is 9.59 Å². The van der Waals surface area contributed by atoms with Crippen molar-refractivity contribution >= 4 is 23.2 Å². The van der Waals surface area contributed by atoms with Gasteiger partial charge in [-0.1, -0.05) is 0 Å². The predicted octanol–water partition coefficient (Wildman–Crippen LogP) is 0.956. The van der Waals surface area contributed by atoms with Crippen LogP contribution in [0.2, 0.25) is 0 Å². The number of carbonyl (C=O) groups excluding carboxylic acids is 2. The minimum Gasteiger partial charge on any atom is -0.497 e. The van der Waals surface area contributed by atoms with E-state index in [0.29, 0.717) is 17.1 Å². The summed E-state index contributed by atoms with van der Waals surface area (Å²) in [5.74, 6) is 0.0843. The molecule has 0 saturated carbocycles. The second-order valence-electron chi connectivity index (χ2n) is 4.44. The van der Waals surface area contributed by atoms with Gasteiger partial charge in [-0.3, -0.25) is 9.59 Å². The summed E-state index contributed by atoms with van der Waals surface area (Å²) in [6, 6.07) is 4.98. The zero-order valence-electron chi connectivity index (χ0n) is 12.4. The molecule has 0 aliphatic carbocycles. The Balaban J connectivity index is 2.88. The lowest BCUT2D eigenvalue weighted by atomic mass is 10.2. The minimum atomic E-state index is -0.347. The Morgan fingerprint density at radius 2 is 1.95 bits per heavy atom. The third-order valence-electron chi connectivity index (χ3n) is 2.82. The lowest BCUT2D eigenvalue weighted by Crippen LogP contribution is -2.28. The average molecular weight is 295 g/mol. The first-order valence-electron chi connectivity index (χ1n) is 6.48. The van der Waals surface area contributed by atoms with Gasteiger partial charge in [-0.15, -0.1) is 0 Å². The third-order valence-corrected chi connectivity index (χ3v) is 2.82. The van der Waals surface area contributed by atoms with Crippen molar-refractivity contribution in [3.8, 4) is 5.75 Å². The van der Waals surface area contributed by atoms with Crippen LogP contribution in [-0.2, 0) is 14.3 Å². The summed E-state index contributed by atoms with van der Waals surface area (Å²) < 4.78 is 10.2. The Labute approximate surface area is 123 Å². The largest absolute Gasteiger partial charge is 0.497 e. The maximum Gasteiger partial charge on any atom is 0.227 e. The lowest BCUT2D eigenvalue weighted by molar-refractivity contribution is -0.118. The van der Waals surface area contributed by atoms with Gasteiger partial charge >= 0.3 is 0 Å². The van der Waals surface area contributed by atoms with Gasteiger partial charge in [0.05, 0.1) is 31.0 Å². The SMILES string of the molecule is COc1ccc(NC(C)=O)c(NC(=O)CC(CN)OC)c1. The van der Waals surface area contributed by atoms with Crippen LogP contribution in [0.1, 0.15) is 13.3 Å². The zero-order valence-corrected chi connectivity index (χ0v) is 12.4. The fourth-order valence-electron chi connectivity index (χ4n) is 1.72. The molecule has 1 aromatic carbocycles. The van der Waals surface area contributed by atoms with E-state index in [0.717, 1.165) is 0 Å². The predicted molar refractivity (Wildman–Crippen MR) is 80.4 cm³/mol. The highest BCUT2D eigenvalue weighted by molar-refractivity contribution is 5.99. The van der Waals surface area contributed by atoms with Crippen molar-refractivity contribution in [1.82, 2.24) is 0 Å². The molecule has 21 heavy (non-hydrogen) atoms. The van der Waals surface area contributed by atoms with Crippen LogP contribution < -0.4 is 21.1 Å². The van der Waals surface area contributed by atoms with Crippen molar-refractivity contribution in [1.29, 1.82) is 0 Å². The van der Waals surface area contributed by atoms with Crippen molar-refractivity contribution in [3.05, 3.63) is 18.2 Å². The number of ether oxygens (including phenoxy) is 2. The second-order valence-corrected chi connectivity index (χ2v) is 4.44. The molecule has 0 radical (unpaired) electrons. The molecule has 0 heterocycles. The van der Waals surface area contributed by atoms with Gasteiger partial charge in [0.2, 0.25) is 11.8 Å². The van der Waals surface area contributed by atoms with E-state index in [1.165, 1.54) is 21.1 Å². The number of rotatable bonds is 7. The van der Waals surface area contributed by atoms with Gasteiger partial charge in [0, 0.05) is 26.6 Å². The molecule has 0 aliphatic heterocycles. The van der Waals surface area contributed by atoms with Crippen molar-refractivity contribution in [2.24, 2.45) is 5.73 Å². The fourth-order valence-corrected chi connectivity index (χ4v) is 1.72. The number of nitrogens with two attached hydrogens (primary N) is 1. The van der Waals surface area contributed by atoms with Gasteiger partial charge in [0.25, 0.3) is 0 Å². The summed E-state index contributed by atoms with van der Waals surface area (Å²) in [7, 11) is 3.02. The van der Waals surface area contributed by atoms with Gasteiger partial charge in [-0.05, 0) is 12.1 Å². The molecule has 0 aromatic heterocycles. The average Bonchev–Trinajstić information content (AvgIpc) is 2.46. The Morgan fingerprint density at radius 3 is 2.48 bits per heavy atom. The maximum atomic E-state index is 12.0. The van der Waals surface area contributed by atoms with Gasteiger partial charge < -0.3 is 25.8 Å². The standard InChI is InChI=1S/C14H21N3O4/c1-9(18)16-12-5-4-10(20-2)6-13(12)17-14(19)7-11(8-15)21-3/h4-6,11H,7-8,15H2,1-3H3,(H,16,18)(H,17,19). The summed E-state index contributed by atoms with van der Waals surface area (Å²) in [4.78, 5) is 23.2. The Hall–Kier alpha value is -2.12. The van der Waals surface area contributed by atoms with E-state index in [-0.39, 0.29) is 30.9 Å². The smallest absolute Gasteiger partial charge is 0.227 e. The maximum absolute atomic E-state index is 12.0. The van der Waals surface area contributed by atoms with Gasteiger partial charge in [-0.2, -0.15) is 0 Å². The Kier molecular flexibility index (Phi) is 6.64. The monoisotopic (exact) mass is 295 g/mol. The first-order chi connectivity index (χ1) is 9.99. The number of amides is 2. The first kappa shape index (κ1) is 16.9. The number of methoxy groups -OCH3 is 2. The van der Waals surface area contributed by atoms with E-state index < -0.39 is 0 Å². The summed E-state index contributed by atoms with van der Waals surface area (Å²) in [6.45, 7) is 1.64. The molecule has 0 bridgehead atoms. The second kappa shape index (κ2) is 8.23. The molecule has 1 aromatic rings. The van der Waals surface area contributed by atoms with Crippen molar-refractivity contribution < 1.29 is 19.1 Å². The summed E-state index contributed by atoms with van der Waals surface area (Å²) in [5, 5.41) is 5.37. The van der Waals surface area contributed by atoms with Gasteiger partial charge in [0.1, 0.15) is 5.75 Å². The topological polar surface area (TPSA) is 103 Å². The van der Waals surface area contributed by atoms with Crippen molar-refractivity contribution in [2.45, 2.75) is 19.4 Å². The van der Waals surface area contributed by atoms with Crippen LogP contribution in [0.15, 0.2) is 18.2 Å². The molecule has 7 heteroatoms. The number of carbonyl (C=O) groups is 2. The third kappa shape index (κ3) is 5.41.